The third-order valence-electron chi connectivity index (χ3n) is 2.76. The van der Waals surface area contributed by atoms with Gasteiger partial charge in [-0.3, -0.25) is 0 Å². The van der Waals surface area contributed by atoms with Crippen LogP contribution in [0.1, 0.15) is 0 Å². The van der Waals surface area contributed by atoms with Crippen LogP contribution in [-0.4, -0.2) is 89.3 Å². The van der Waals surface area contributed by atoms with Crippen molar-refractivity contribution in [3.8, 4) is 0 Å². The Morgan fingerprint density at radius 2 is 1.89 bits per heavy atom. The first-order valence-corrected chi connectivity index (χ1v) is 5.60. The average molecular weight is 268 g/mol. The van der Waals surface area contributed by atoms with Crippen molar-refractivity contribution in [3.63, 3.8) is 0 Å². The van der Waals surface area contributed by atoms with E-state index in [0.29, 0.717) is 0 Å². The minimum atomic E-state index is -1.27. The van der Waals surface area contributed by atoms with Gasteiger partial charge in [0.15, 0.2) is 6.29 Å². The zero-order valence-corrected chi connectivity index (χ0v) is 10.0. The molecule has 8 nitrogen and oxygen atoms in total. The van der Waals surface area contributed by atoms with Crippen LogP contribution < -0.4 is 0 Å². The third kappa shape index (κ3) is 3.59. The van der Waals surface area contributed by atoms with Crippen LogP contribution >= 0.6 is 0 Å². The van der Waals surface area contributed by atoms with Crippen molar-refractivity contribution in [3.05, 3.63) is 0 Å². The summed E-state index contributed by atoms with van der Waals surface area (Å²) in [5.74, 6) is 0. The maximum absolute atomic E-state index is 9.84. The van der Waals surface area contributed by atoms with Crippen LogP contribution in [0.15, 0.2) is 0 Å². The van der Waals surface area contributed by atoms with Crippen LogP contribution in [0, 0.1) is 0 Å². The second kappa shape index (κ2) is 7.31. The molecule has 0 aromatic rings. The quantitative estimate of drug-likeness (QED) is 0.341. The van der Waals surface area contributed by atoms with E-state index in [1.807, 2.05) is 0 Å². The number of hydrogen-bond donors (Lipinski definition) is 5. The topological polar surface area (TPSA) is 129 Å². The maximum Gasteiger partial charge on any atom is 0.186 e. The molecule has 1 fully saturated rings. The van der Waals surface area contributed by atoms with Crippen LogP contribution in [0.4, 0.5) is 0 Å². The molecule has 0 saturated carbocycles. The summed E-state index contributed by atoms with van der Waals surface area (Å²) < 4.78 is 15.1. The lowest BCUT2D eigenvalue weighted by molar-refractivity contribution is -0.308. The molecule has 5 N–H and O–H groups in total. The van der Waals surface area contributed by atoms with Gasteiger partial charge in [-0.25, -0.2) is 0 Å². The summed E-state index contributed by atoms with van der Waals surface area (Å²) >= 11 is 0. The van der Waals surface area contributed by atoms with Crippen molar-refractivity contribution in [2.24, 2.45) is 0 Å². The van der Waals surface area contributed by atoms with E-state index in [-0.39, 0.29) is 6.61 Å². The van der Waals surface area contributed by atoms with Gasteiger partial charge in [-0.2, -0.15) is 0 Å². The minimum Gasteiger partial charge on any atom is -0.394 e. The Morgan fingerprint density at radius 1 is 1.22 bits per heavy atom. The van der Waals surface area contributed by atoms with Crippen LogP contribution in [0.2, 0.25) is 0 Å². The second-order valence-electron chi connectivity index (χ2n) is 4.08. The average Bonchev–Trinajstić information content (AvgIpc) is 2.38. The number of rotatable bonds is 6. The van der Waals surface area contributed by atoms with Gasteiger partial charge in [0.25, 0.3) is 0 Å². The lowest BCUT2D eigenvalue weighted by atomic mass is 9.99. The summed E-state index contributed by atoms with van der Waals surface area (Å²) in [6, 6.07) is 0. The fourth-order valence-corrected chi connectivity index (χ4v) is 1.73. The molecule has 0 aromatic carbocycles. The van der Waals surface area contributed by atoms with Gasteiger partial charge in [0.2, 0.25) is 0 Å². The third-order valence-corrected chi connectivity index (χ3v) is 2.76. The summed E-state index contributed by atoms with van der Waals surface area (Å²) in [5.41, 5.74) is 0. The Hall–Kier alpha value is -0.320. The van der Waals surface area contributed by atoms with E-state index in [0.717, 1.165) is 0 Å². The van der Waals surface area contributed by atoms with E-state index < -0.39 is 50.0 Å². The Balaban J connectivity index is 2.61. The van der Waals surface area contributed by atoms with E-state index in [4.69, 9.17) is 29.5 Å². The monoisotopic (exact) mass is 268 g/mol. The van der Waals surface area contributed by atoms with Gasteiger partial charge in [0, 0.05) is 7.11 Å². The maximum atomic E-state index is 9.84. The lowest BCUT2D eigenvalue weighted by Gasteiger charge is -2.41. The highest BCUT2D eigenvalue weighted by Gasteiger charge is 2.45. The van der Waals surface area contributed by atoms with Gasteiger partial charge in [0.1, 0.15) is 30.5 Å². The van der Waals surface area contributed by atoms with E-state index in [1.165, 1.54) is 7.11 Å². The van der Waals surface area contributed by atoms with Gasteiger partial charge in [-0.1, -0.05) is 0 Å². The predicted molar refractivity (Wildman–Crippen MR) is 57.6 cm³/mol. The summed E-state index contributed by atoms with van der Waals surface area (Å²) in [4.78, 5) is 0. The second-order valence-corrected chi connectivity index (χ2v) is 4.08. The van der Waals surface area contributed by atoms with E-state index in [9.17, 15) is 10.2 Å². The molecular formula is C10H20O8. The normalized spacial score (nSPS) is 38.7. The van der Waals surface area contributed by atoms with Crippen LogP contribution in [0.3, 0.4) is 0 Å². The highest BCUT2D eigenvalue weighted by molar-refractivity contribution is 4.90. The van der Waals surface area contributed by atoms with Crippen molar-refractivity contribution in [2.45, 2.75) is 36.8 Å². The Kier molecular flexibility index (Phi) is 6.39. The first-order valence-electron chi connectivity index (χ1n) is 5.60. The highest BCUT2D eigenvalue weighted by Crippen LogP contribution is 2.23. The molecular weight excluding hydrogens is 248 g/mol. The zero-order chi connectivity index (χ0) is 13.7. The van der Waals surface area contributed by atoms with Crippen molar-refractivity contribution < 1.29 is 39.7 Å². The van der Waals surface area contributed by atoms with Gasteiger partial charge >= 0.3 is 0 Å². The molecule has 1 saturated heterocycles. The Bertz CT molecular complexity index is 238. The van der Waals surface area contributed by atoms with Gasteiger partial charge < -0.3 is 39.7 Å². The number of methoxy groups -OCH3 is 1. The molecule has 0 amide bonds. The van der Waals surface area contributed by atoms with Crippen LogP contribution in [0.5, 0.6) is 0 Å². The van der Waals surface area contributed by atoms with Crippen LogP contribution in [0.25, 0.3) is 0 Å². The summed E-state index contributed by atoms with van der Waals surface area (Å²) in [6.07, 6.45) is -6.61. The Morgan fingerprint density at radius 3 is 2.39 bits per heavy atom. The predicted octanol–water partition coefficient (Wildman–Crippen LogP) is -3.19. The molecule has 0 radical (unpaired) electrons. The zero-order valence-electron chi connectivity index (χ0n) is 10.0. The minimum absolute atomic E-state index is 0.247. The first kappa shape index (κ1) is 15.7. The van der Waals surface area contributed by atoms with Gasteiger partial charge in [0.05, 0.1) is 19.8 Å². The number of aliphatic hydroxyl groups excluding tert-OH is 5. The number of hydrogen-bond acceptors (Lipinski definition) is 8. The summed E-state index contributed by atoms with van der Waals surface area (Å²) in [6.45, 7) is -1.19. The van der Waals surface area contributed by atoms with Gasteiger partial charge in [-0.05, 0) is 0 Å². The smallest absolute Gasteiger partial charge is 0.186 e. The Labute approximate surface area is 104 Å². The van der Waals surface area contributed by atoms with Crippen molar-refractivity contribution in [2.75, 3.05) is 26.9 Å². The molecule has 1 aliphatic heterocycles. The van der Waals surface area contributed by atoms with E-state index in [1.54, 1.807) is 0 Å². The van der Waals surface area contributed by atoms with E-state index in [2.05, 4.69) is 0 Å². The molecule has 1 aliphatic rings. The number of ether oxygens (including phenoxy) is 3. The molecule has 6 atom stereocenters. The molecule has 108 valence electrons. The SMILES string of the molecule is CO[C@@H]1[C@@H](O)[C@H](OCC(O)CO)O[C@H](CO)[C@H]1O. The molecule has 0 aromatic heterocycles. The molecule has 1 unspecified atom stereocenters. The lowest BCUT2D eigenvalue weighted by Crippen LogP contribution is -2.60. The van der Waals surface area contributed by atoms with Crippen molar-refractivity contribution >= 4 is 0 Å². The van der Waals surface area contributed by atoms with Gasteiger partial charge in [-0.15, -0.1) is 0 Å². The molecule has 0 aliphatic carbocycles. The van der Waals surface area contributed by atoms with E-state index >= 15 is 0 Å². The fourth-order valence-electron chi connectivity index (χ4n) is 1.73. The van der Waals surface area contributed by atoms with Crippen LogP contribution in [-0.2, 0) is 14.2 Å². The molecule has 1 rings (SSSR count). The molecule has 0 bridgehead atoms. The summed E-state index contributed by atoms with van der Waals surface area (Å²) in [5, 5.41) is 46.4. The standard InChI is InChI=1S/C10H20O8/c1-16-9-7(14)6(3-12)18-10(8(9)15)17-4-5(13)2-11/h5-15H,2-4H2,1H3/t5?,6-,7-,8-,9+,10-/m1/s1. The van der Waals surface area contributed by atoms with Crippen molar-refractivity contribution in [1.29, 1.82) is 0 Å². The number of aliphatic hydroxyl groups is 5. The molecule has 18 heavy (non-hydrogen) atoms. The largest absolute Gasteiger partial charge is 0.394 e. The molecule has 1 heterocycles. The molecule has 0 spiro atoms. The molecule has 8 heteroatoms. The summed E-state index contributed by atoms with van der Waals surface area (Å²) in [7, 11) is 1.30. The van der Waals surface area contributed by atoms with Crippen molar-refractivity contribution in [1.82, 2.24) is 0 Å². The first-order chi connectivity index (χ1) is 8.54. The fraction of sp³-hybridized carbons (Fsp3) is 1.00. The highest BCUT2D eigenvalue weighted by atomic mass is 16.7.